The van der Waals surface area contributed by atoms with Gasteiger partial charge in [-0.05, 0) is 73.9 Å². The summed E-state index contributed by atoms with van der Waals surface area (Å²) in [5, 5.41) is 9.48. The topological polar surface area (TPSA) is 112 Å². The number of aromatic carboxylic acids is 1. The van der Waals surface area contributed by atoms with Gasteiger partial charge in [0.2, 0.25) is 0 Å². The molecule has 6 rings (SSSR count). The molecule has 2 aliphatic carbocycles. The number of hydrogen-bond acceptors (Lipinski definition) is 5. The number of aromatic nitrogens is 1. The van der Waals surface area contributed by atoms with Gasteiger partial charge in [-0.15, -0.1) is 0 Å². The quantitative estimate of drug-likeness (QED) is 0.330. The van der Waals surface area contributed by atoms with E-state index < -0.39 is 23.2 Å². The molecule has 1 unspecified atom stereocenters. The van der Waals surface area contributed by atoms with Gasteiger partial charge in [0, 0.05) is 18.7 Å². The van der Waals surface area contributed by atoms with Gasteiger partial charge in [-0.1, -0.05) is 61.4 Å². The number of likely N-dealkylation sites (tertiary alicyclic amines) is 1. The maximum absolute atomic E-state index is 14.1. The normalized spacial score (nSPS) is 18.9. The molecule has 2 heterocycles. The van der Waals surface area contributed by atoms with Gasteiger partial charge in [0.25, 0.3) is 0 Å². The lowest BCUT2D eigenvalue weighted by Gasteiger charge is -2.43. The first kappa shape index (κ1) is 28.8. The largest absolute Gasteiger partial charge is 0.477 e. The Hall–Kier alpha value is -4.27. The number of amides is 2. The van der Waals surface area contributed by atoms with Crippen LogP contribution in [0.5, 0.6) is 0 Å². The molecule has 1 atom stereocenters. The van der Waals surface area contributed by atoms with Crippen molar-refractivity contribution in [3.63, 3.8) is 0 Å². The SMILES string of the molecule is CC(C)(C)OC(=O)N1CCC(N(Cc2c[nH]c(C(=O)O)c2)C(=O)OCC2c3ccccc3-c3ccccc32)C12CCCC2. The molecule has 2 amide bonds. The van der Waals surface area contributed by atoms with E-state index in [0.29, 0.717) is 18.5 Å². The van der Waals surface area contributed by atoms with E-state index in [0.717, 1.165) is 47.9 Å². The predicted octanol–water partition coefficient (Wildman–Crippen LogP) is 6.79. The first-order valence-electron chi connectivity index (χ1n) is 15.1. The Kier molecular flexibility index (Phi) is 7.44. The number of aromatic amines is 1. The van der Waals surface area contributed by atoms with E-state index in [1.807, 2.05) is 49.9 Å². The van der Waals surface area contributed by atoms with Crippen LogP contribution < -0.4 is 0 Å². The summed E-state index contributed by atoms with van der Waals surface area (Å²) >= 11 is 0. The van der Waals surface area contributed by atoms with E-state index in [1.54, 1.807) is 17.2 Å². The Morgan fingerprint density at radius 1 is 1.02 bits per heavy atom. The maximum atomic E-state index is 14.1. The number of benzene rings is 2. The third-order valence-corrected chi connectivity index (χ3v) is 9.14. The molecule has 9 nitrogen and oxygen atoms in total. The minimum atomic E-state index is -1.07. The molecular weight excluding hydrogens is 546 g/mol. The van der Waals surface area contributed by atoms with Crippen molar-refractivity contribution in [2.24, 2.45) is 0 Å². The number of carbonyl (C=O) groups is 3. The molecule has 1 saturated carbocycles. The van der Waals surface area contributed by atoms with Crippen molar-refractivity contribution in [3.8, 4) is 11.1 Å². The Bertz CT molecular complexity index is 1490. The standard InChI is InChI=1S/C34H39N3O6/c1-33(2,3)43-32(41)37-17-14-29(34(37)15-8-9-16-34)36(20-22-18-28(30(38)39)35-19-22)31(40)42-21-27-25-12-6-4-10-23(25)24-11-5-7-13-26(24)27/h4-7,10-13,18-19,27,29,35H,8-9,14-17,20-21H2,1-3H3,(H,38,39). The molecule has 43 heavy (non-hydrogen) atoms. The lowest BCUT2D eigenvalue weighted by Crippen LogP contribution is -2.58. The summed E-state index contributed by atoms with van der Waals surface area (Å²) in [5.41, 5.74) is 4.07. The van der Waals surface area contributed by atoms with E-state index >= 15 is 0 Å². The molecule has 1 spiro atoms. The van der Waals surface area contributed by atoms with Crippen LogP contribution in [0.25, 0.3) is 11.1 Å². The highest BCUT2D eigenvalue weighted by molar-refractivity contribution is 5.85. The Labute approximate surface area is 251 Å². The van der Waals surface area contributed by atoms with E-state index in [9.17, 15) is 19.5 Å². The lowest BCUT2D eigenvalue weighted by atomic mass is 9.87. The van der Waals surface area contributed by atoms with Crippen molar-refractivity contribution in [1.82, 2.24) is 14.8 Å². The van der Waals surface area contributed by atoms with E-state index in [-0.39, 0.29) is 36.9 Å². The molecule has 3 aliphatic rings. The smallest absolute Gasteiger partial charge is 0.410 e. The zero-order valence-electron chi connectivity index (χ0n) is 25.0. The molecule has 226 valence electrons. The fourth-order valence-corrected chi connectivity index (χ4v) is 7.38. The minimum Gasteiger partial charge on any atom is -0.477 e. The van der Waals surface area contributed by atoms with Crippen LogP contribution >= 0.6 is 0 Å². The number of rotatable bonds is 6. The van der Waals surface area contributed by atoms with Gasteiger partial charge in [0.05, 0.1) is 18.1 Å². The number of hydrogen-bond donors (Lipinski definition) is 2. The molecule has 0 radical (unpaired) electrons. The summed E-state index contributed by atoms with van der Waals surface area (Å²) in [6, 6.07) is 17.7. The molecule has 2 aromatic carbocycles. The zero-order valence-corrected chi connectivity index (χ0v) is 25.0. The molecule has 2 fully saturated rings. The Balaban J connectivity index is 1.29. The van der Waals surface area contributed by atoms with Crippen molar-refractivity contribution in [3.05, 3.63) is 83.2 Å². The molecular formula is C34H39N3O6. The highest BCUT2D eigenvalue weighted by Gasteiger charge is 2.56. The number of ether oxygens (including phenoxy) is 2. The van der Waals surface area contributed by atoms with Crippen LogP contribution in [0.2, 0.25) is 0 Å². The van der Waals surface area contributed by atoms with Crippen LogP contribution in [-0.4, -0.2) is 68.4 Å². The van der Waals surface area contributed by atoms with Gasteiger partial charge in [-0.3, -0.25) is 4.90 Å². The fourth-order valence-electron chi connectivity index (χ4n) is 7.38. The van der Waals surface area contributed by atoms with Gasteiger partial charge in [0.1, 0.15) is 17.9 Å². The Morgan fingerprint density at radius 3 is 2.23 bits per heavy atom. The highest BCUT2D eigenvalue weighted by Crippen LogP contribution is 2.47. The summed E-state index contributed by atoms with van der Waals surface area (Å²) in [6.45, 7) is 6.37. The average molecular weight is 586 g/mol. The summed E-state index contributed by atoms with van der Waals surface area (Å²) in [4.78, 5) is 45.5. The first-order chi connectivity index (χ1) is 20.6. The monoisotopic (exact) mass is 585 g/mol. The number of nitrogens with zero attached hydrogens (tertiary/aromatic N) is 2. The average Bonchev–Trinajstić information content (AvgIpc) is 3.76. The van der Waals surface area contributed by atoms with Crippen molar-refractivity contribution in [1.29, 1.82) is 0 Å². The van der Waals surface area contributed by atoms with Gasteiger partial charge in [-0.2, -0.15) is 0 Å². The molecule has 1 aromatic heterocycles. The van der Waals surface area contributed by atoms with Crippen molar-refractivity contribution in [2.75, 3.05) is 13.2 Å². The summed E-state index contributed by atoms with van der Waals surface area (Å²) < 4.78 is 12.0. The third-order valence-electron chi connectivity index (χ3n) is 9.14. The molecule has 1 aliphatic heterocycles. The molecule has 2 N–H and O–H groups in total. The maximum Gasteiger partial charge on any atom is 0.410 e. The lowest BCUT2D eigenvalue weighted by molar-refractivity contribution is -0.00594. The second kappa shape index (κ2) is 11.1. The number of carbonyl (C=O) groups excluding carboxylic acids is 2. The van der Waals surface area contributed by atoms with E-state index in [1.165, 1.54) is 0 Å². The van der Waals surface area contributed by atoms with Crippen molar-refractivity contribution >= 4 is 18.2 Å². The van der Waals surface area contributed by atoms with Crippen molar-refractivity contribution in [2.45, 2.75) is 82.5 Å². The number of carboxylic acid groups (broad SMARTS) is 1. The van der Waals surface area contributed by atoms with Gasteiger partial charge >= 0.3 is 18.2 Å². The second-order valence-corrected chi connectivity index (χ2v) is 12.9. The summed E-state index contributed by atoms with van der Waals surface area (Å²) in [7, 11) is 0. The number of nitrogens with one attached hydrogen (secondary N) is 1. The van der Waals surface area contributed by atoms with E-state index in [2.05, 4.69) is 29.2 Å². The zero-order chi connectivity index (χ0) is 30.4. The number of carboxylic acids is 1. The van der Waals surface area contributed by atoms with Crippen LogP contribution in [0.1, 0.15) is 86.0 Å². The second-order valence-electron chi connectivity index (χ2n) is 12.9. The van der Waals surface area contributed by atoms with Crippen molar-refractivity contribution < 1.29 is 29.0 Å². The third kappa shape index (κ3) is 5.37. The number of fused-ring (bicyclic) bond motifs is 3. The molecule has 3 aromatic rings. The molecule has 1 saturated heterocycles. The van der Waals surface area contributed by atoms with Crippen LogP contribution in [0, 0.1) is 0 Å². The first-order valence-corrected chi connectivity index (χ1v) is 15.1. The van der Waals surface area contributed by atoms with Gasteiger partial charge < -0.3 is 24.5 Å². The minimum absolute atomic E-state index is 0.0554. The summed E-state index contributed by atoms with van der Waals surface area (Å²) in [6.07, 6.45) is 4.79. The highest BCUT2D eigenvalue weighted by atomic mass is 16.6. The van der Waals surface area contributed by atoms with E-state index in [4.69, 9.17) is 9.47 Å². The Morgan fingerprint density at radius 2 is 1.65 bits per heavy atom. The van der Waals surface area contributed by atoms with Crippen LogP contribution in [0.4, 0.5) is 9.59 Å². The van der Waals surface area contributed by atoms with Gasteiger partial charge in [-0.25, -0.2) is 14.4 Å². The molecule has 0 bridgehead atoms. The number of H-pyrrole nitrogens is 1. The summed E-state index contributed by atoms with van der Waals surface area (Å²) in [5.74, 6) is -1.16. The van der Waals surface area contributed by atoms with Crippen LogP contribution in [0.3, 0.4) is 0 Å². The molecule has 9 heteroatoms. The van der Waals surface area contributed by atoms with Crippen LogP contribution in [-0.2, 0) is 16.0 Å². The predicted molar refractivity (Wildman–Crippen MR) is 161 cm³/mol. The van der Waals surface area contributed by atoms with Gasteiger partial charge in [0.15, 0.2) is 0 Å². The van der Waals surface area contributed by atoms with Crippen LogP contribution in [0.15, 0.2) is 60.8 Å². The fraction of sp³-hybridized carbons (Fsp3) is 0.441.